The molecule has 0 unspecified atom stereocenters. The van der Waals surface area contributed by atoms with Gasteiger partial charge in [-0.05, 0) is 31.9 Å². The van der Waals surface area contributed by atoms with Gasteiger partial charge in [0, 0.05) is 31.0 Å². The maximum Gasteiger partial charge on any atom is 0.328 e. The van der Waals surface area contributed by atoms with E-state index in [1.165, 1.54) is 16.8 Å². The van der Waals surface area contributed by atoms with E-state index in [0.717, 1.165) is 5.69 Å². The summed E-state index contributed by atoms with van der Waals surface area (Å²) in [6, 6.07) is 6.03. The number of nitrogens with zero attached hydrogens (tertiary/aromatic N) is 3. The van der Waals surface area contributed by atoms with Crippen LogP contribution >= 0.6 is 0 Å². The third-order valence-corrected chi connectivity index (χ3v) is 4.44. The smallest absolute Gasteiger partial charge is 0.328 e. The Morgan fingerprint density at radius 3 is 2.72 bits per heavy atom. The zero-order chi connectivity index (χ0) is 18.0. The Labute approximate surface area is 143 Å². The number of carbonyl (C=O) groups is 1. The van der Waals surface area contributed by atoms with Crippen LogP contribution in [0.25, 0.3) is 0 Å². The lowest BCUT2D eigenvalue weighted by atomic mass is 10.1. The molecule has 1 fully saturated rings. The van der Waals surface area contributed by atoms with Crippen molar-refractivity contribution in [3.63, 3.8) is 0 Å². The van der Waals surface area contributed by atoms with Gasteiger partial charge >= 0.3 is 5.69 Å². The number of pyridine rings is 1. The Kier molecular flexibility index (Phi) is 4.80. The Morgan fingerprint density at radius 1 is 1.24 bits per heavy atom. The highest BCUT2D eigenvalue weighted by molar-refractivity contribution is 5.92. The Balaban J connectivity index is 1.80. The molecule has 2 aromatic rings. The maximum absolute atomic E-state index is 12.6. The van der Waals surface area contributed by atoms with Crippen molar-refractivity contribution in [1.82, 2.24) is 19.4 Å². The molecule has 1 amide bonds. The van der Waals surface area contributed by atoms with E-state index in [2.05, 4.69) is 9.97 Å². The molecule has 3 heterocycles. The zero-order valence-electron chi connectivity index (χ0n) is 13.9. The average molecular weight is 344 g/mol. The van der Waals surface area contributed by atoms with Gasteiger partial charge in [-0.1, -0.05) is 6.07 Å². The number of H-pyrrole nitrogens is 1. The summed E-state index contributed by atoms with van der Waals surface area (Å²) in [4.78, 5) is 43.9. The lowest BCUT2D eigenvalue weighted by Gasteiger charge is -2.22. The highest BCUT2D eigenvalue weighted by Crippen LogP contribution is 2.22. The molecule has 0 aliphatic carbocycles. The summed E-state index contributed by atoms with van der Waals surface area (Å²) < 4.78 is 1.32. The van der Waals surface area contributed by atoms with Crippen LogP contribution < -0.4 is 11.2 Å². The van der Waals surface area contributed by atoms with Crippen LogP contribution in [0.3, 0.4) is 0 Å². The number of likely N-dealkylation sites (tertiary alicyclic amines) is 1. The van der Waals surface area contributed by atoms with Gasteiger partial charge in [-0.2, -0.15) is 0 Å². The van der Waals surface area contributed by atoms with Crippen molar-refractivity contribution in [3.05, 3.63) is 62.7 Å². The van der Waals surface area contributed by atoms with Crippen LogP contribution in [-0.2, 0) is 0 Å². The fourth-order valence-electron chi connectivity index (χ4n) is 3.11. The second kappa shape index (κ2) is 7.02. The molecule has 2 aromatic heterocycles. The van der Waals surface area contributed by atoms with Crippen LogP contribution in [-0.4, -0.2) is 49.6 Å². The van der Waals surface area contributed by atoms with Crippen LogP contribution in [0.15, 0.2) is 40.1 Å². The minimum Gasteiger partial charge on any atom is -0.391 e. The van der Waals surface area contributed by atoms with E-state index in [1.807, 2.05) is 13.0 Å². The van der Waals surface area contributed by atoms with Crippen molar-refractivity contribution in [2.45, 2.75) is 31.9 Å². The lowest BCUT2D eigenvalue weighted by Crippen LogP contribution is -2.36. The number of hydrogen-bond donors (Lipinski definition) is 2. The van der Waals surface area contributed by atoms with E-state index in [1.54, 1.807) is 17.0 Å². The number of aromatic amines is 1. The second-order valence-corrected chi connectivity index (χ2v) is 6.19. The third kappa shape index (κ3) is 3.69. The van der Waals surface area contributed by atoms with Gasteiger partial charge in [0.15, 0.2) is 0 Å². The van der Waals surface area contributed by atoms with Crippen LogP contribution in [0.2, 0.25) is 0 Å². The number of aromatic nitrogens is 3. The molecule has 1 aliphatic heterocycles. The molecular weight excluding hydrogens is 324 g/mol. The first-order valence-electron chi connectivity index (χ1n) is 8.18. The normalized spacial score (nSPS) is 21.0. The highest BCUT2D eigenvalue weighted by atomic mass is 16.3. The summed E-state index contributed by atoms with van der Waals surface area (Å²) in [7, 11) is 0. The molecule has 0 bridgehead atoms. The Hall–Kier alpha value is -2.74. The molecule has 0 aromatic carbocycles. The number of hydrogen-bond acceptors (Lipinski definition) is 5. The van der Waals surface area contributed by atoms with Gasteiger partial charge in [0.2, 0.25) is 0 Å². The number of aliphatic hydroxyl groups excluding tert-OH is 1. The van der Waals surface area contributed by atoms with Gasteiger partial charge < -0.3 is 10.0 Å². The second-order valence-electron chi connectivity index (χ2n) is 6.19. The molecule has 3 rings (SSSR count). The van der Waals surface area contributed by atoms with Crippen molar-refractivity contribution in [2.75, 3.05) is 13.1 Å². The third-order valence-electron chi connectivity index (χ3n) is 4.44. The lowest BCUT2D eigenvalue weighted by molar-refractivity contribution is 0.0745. The first-order valence-corrected chi connectivity index (χ1v) is 8.18. The first-order chi connectivity index (χ1) is 12.0. The van der Waals surface area contributed by atoms with E-state index in [4.69, 9.17) is 0 Å². The number of amides is 1. The first kappa shape index (κ1) is 17.1. The quantitative estimate of drug-likeness (QED) is 0.802. The standard InChI is InChI=1S/C17H20N4O4/c1-11-3-2-4-12(18-11)16(24)20-8-5-13(14(22)6-9-20)21-10-7-15(23)19-17(21)25/h2-4,7,10,13-14,22H,5-6,8-9H2,1H3,(H,19,23,25)/t13-,14-/m0/s1. The predicted molar refractivity (Wildman–Crippen MR) is 90.5 cm³/mol. The molecule has 1 aliphatic rings. The van der Waals surface area contributed by atoms with Crippen LogP contribution in [0.4, 0.5) is 0 Å². The van der Waals surface area contributed by atoms with E-state index in [9.17, 15) is 19.5 Å². The summed E-state index contributed by atoms with van der Waals surface area (Å²) in [5, 5.41) is 10.4. The Bertz CT molecular complexity index is 888. The molecule has 132 valence electrons. The van der Waals surface area contributed by atoms with Crippen LogP contribution in [0, 0.1) is 6.92 Å². The zero-order valence-corrected chi connectivity index (χ0v) is 13.9. The SMILES string of the molecule is Cc1cccc(C(=O)N2CC[C@H](O)[C@@H](n3ccc(=O)[nH]c3=O)CC2)n1. The molecule has 8 heteroatoms. The van der Waals surface area contributed by atoms with Crippen LogP contribution in [0.1, 0.15) is 35.1 Å². The summed E-state index contributed by atoms with van der Waals surface area (Å²) in [6.45, 7) is 2.59. The summed E-state index contributed by atoms with van der Waals surface area (Å²) in [5.74, 6) is -0.189. The fourth-order valence-corrected chi connectivity index (χ4v) is 3.11. The van der Waals surface area contributed by atoms with Crippen molar-refractivity contribution in [2.24, 2.45) is 0 Å². The average Bonchev–Trinajstić information content (AvgIpc) is 2.76. The predicted octanol–water partition coefficient (Wildman–Crippen LogP) is 0.0782. The topological polar surface area (TPSA) is 108 Å². The fraction of sp³-hybridized carbons (Fsp3) is 0.412. The van der Waals surface area contributed by atoms with Crippen molar-refractivity contribution in [3.8, 4) is 0 Å². The number of aryl methyl sites for hydroxylation is 1. The van der Waals surface area contributed by atoms with Crippen molar-refractivity contribution < 1.29 is 9.90 Å². The molecule has 2 N–H and O–H groups in total. The highest BCUT2D eigenvalue weighted by Gasteiger charge is 2.29. The summed E-state index contributed by atoms with van der Waals surface area (Å²) in [5.41, 5.74) is 0.0934. The number of aliphatic hydroxyl groups is 1. The van der Waals surface area contributed by atoms with Gasteiger partial charge in [-0.15, -0.1) is 0 Å². The van der Waals surface area contributed by atoms with Gasteiger partial charge in [0.25, 0.3) is 11.5 Å². The van der Waals surface area contributed by atoms with Gasteiger partial charge in [-0.3, -0.25) is 19.1 Å². The van der Waals surface area contributed by atoms with Gasteiger partial charge in [0.1, 0.15) is 5.69 Å². The monoisotopic (exact) mass is 344 g/mol. The molecule has 0 saturated carbocycles. The summed E-state index contributed by atoms with van der Waals surface area (Å²) in [6.07, 6.45) is 1.35. The molecule has 2 atom stereocenters. The summed E-state index contributed by atoms with van der Waals surface area (Å²) >= 11 is 0. The molecule has 1 saturated heterocycles. The molecule has 0 radical (unpaired) electrons. The van der Waals surface area contributed by atoms with Crippen LogP contribution in [0.5, 0.6) is 0 Å². The van der Waals surface area contributed by atoms with Gasteiger partial charge in [0.05, 0.1) is 12.1 Å². The van der Waals surface area contributed by atoms with E-state index >= 15 is 0 Å². The minimum atomic E-state index is -0.785. The van der Waals surface area contributed by atoms with E-state index < -0.39 is 23.4 Å². The molecular formula is C17H20N4O4. The molecule has 25 heavy (non-hydrogen) atoms. The minimum absolute atomic E-state index is 0.189. The maximum atomic E-state index is 12.6. The van der Waals surface area contributed by atoms with Crippen molar-refractivity contribution in [1.29, 1.82) is 0 Å². The van der Waals surface area contributed by atoms with E-state index in [0.29, 0.717) is 31.6 Å². The van der Waals surface area contributed by atoms with Crippen molar-refractivity contribution >= 4 is 5.91 Å². The number of nitrogens with one attached hydrogen (secondary N) is 1. The number of carbonyl (C=O) groups excluding carboxylic acids is 1. The van der Waals surface area contributed by atoms with E-state index in [-0.39, 0.29) is 5.91 Å². The molecule has 0 spiro atoms. The Morgan fingerprint density at radius 2 is 2.00 bits per heavy atom. The largest absolute Gasteiger partial charge is 0.391 e. The molecule has 8 nitrogen and oxygen atoms in total. The van der Waals surface area contributed by atoms with Gasteiger partial charge in [-0.25, -0.2) is 9.78 Å². The number of rotatable bonds is 2.